The molecule has 0 unspecified atom stereocenters. The van der Waals surface area contributed by atoms with Crippen LogP contribution in [-0.4, -0.2) is 54.2 Å². The van der Waals surface area contributed by atoms with Crippen molar-refractivity contribution in [2.45, 2.75) is 13.3 Å². The highest BCUT2D eigenvalue weighted by atomic mass is 16.3. The molecule has 5 nitrogen and oxygen atoms in total. The summed E-state index contributed by atoms with van der Waals surface area (Å²) in [5, 5.41) is 0. The van der Waals surface area contributed by atoms with Gasteiger partial charge in [0.05, 0.1) is 6.26 Å². The maximum atomic E-state index is 12.0. The fraction of sp³-hybridized carbons (Fsp3) is 0.538. The third kappa shape index (κ3) is 3.20. The first-order valence-electron chi connectivity index (χ1n) is 6.21. The van der Waals surface area contributed by atoms with Crippen LogP contribution in [0.15, 0.2) is 22.8 Å². The van der Waals surface area contributed by atoms with Gasteiger partial charge in [-0.1, -0.05) is 0 Å². The number of carbonyl (C=O) groups is 2. The van der Waals surface area contributed by atoms with Crippen LogP contribution in [0, 0.1) is 0 Å². The first-order valence-corrected chi connectivity index (χ1v) is 6.21. The lowest BCUT2D eigenvalue weighted by atomic mass is 10.2. The summed E-state index contributed by atoms with van der Waals surface area (Å²) in [5.74, 6) is 0.558. The van der Waals surface area contributed by atoms with Crippen molar-refractivity contribution in [3.63, 3.8) is 0 Å². The molecule has 0 spiro atoms. The van der Waals surface area contributed by atoms with E-state index >= 15 is 0 Å². The van der Waals surface area contributed by atoms with Gasteiger partial charge in [0.25, 0.3) is 5.91 Å². The van der Waals surface area contributed by atoms with Crippen LogP contribution in [0.3, 0.4) is 0 Å². The number of amides is 1. The molecule has 1 amide bonds. The Bertz CT molecular complexity index is 406. The number of ketones is 1. The molecule has 2 rings (SSSR count). The summed E-state index contributed by atoms with van der Waals surface area (Å²) >= 11 is 0. The molecular formula is C13H18N2O3. The summed E-state index contributed by atoms with van der Waals surface area (Å²) in [6.07, 6.45) is 2.10. The van der Waals surface area contributed by atoms with Crippen molar-refractivity contribution in [1.82, 2.24) is 9.80 Å². The Morgan fingerprint density at radius 3 is 2.56 bits per heavy atom. The van der Waals surface area contributed by atoms with Crippen LogP contribution in [0.1, 0.15) is 23.9 Å². The Labute approximate surface area is 106 Å². The van der Waals surface area contributed by atoms with E-state index in [4.69, 9.17) is 4.42 Å². The standard InChI is InChI=1S/C13H18N2O3/c1-11(16)4-5-14-6-8-15(9-7-14)13(17)12-3-2-10-18-12/h2-3,10H,4-9H2,1H3. The van der Waals surface area contributed by atoms with Gasteiger partial charge in [0.1, 0.15) is 5.78 Å². The van der Waals surface area contributed by atoms with E-state index in [-0.39, 0.29) is 11.7 Å². The first kappa shape index (κ1) is 12.8. The molecule has 5 heteroatoms. The maximum absolute atomic E-state index is 12.0. The van der Waals surface area contributed by atoms with Gasteiger partial charge in [0.2, 0.25) is 0 Å². The molecule has 0 atom stereocenters. The summed E-state index contributed by atoms with van der Waals surface area (Å²) in [6, 6.07) is 3.40. The lowest BCUT2D eigenvalue weighted by Crippen LogP contribution is -2.48. The van der Waals surface area contributed by atoms with Crippen molar-refractivity contribution in [2.75, 3.05) is 32.7 Å². The minimum Gasteiger partial charge on any atom is -0.459 e. The van der Waals surface area contributed by atoms with Gasteiger partial charge >= 0.3 is 0 Å². The topological polar surface area (TPSA) is 53.8 Å². The van der Waals surface area contributed by atoms with Crippen LogP contribution in [0.25, 0.3) is 0 Å². The molecule has 0 saturated carbocycles. The number of Topliss-reactive ketones (excluding diaryl/α,β-unsaturated/α-hetero) is 1. The highest BCUT2D eigenvalue weighted by molar-refractivity contribution is 5.91. The number of carbonyl (C=O) groups excluding carboxylic acids is 2. The summed E-state index contributed by atoms with van der Waals surface area (Å²) in [6.45, 7) is 5.42. The van der Waals surface area contributed by atoms with Crippen LogP contribution in [0.5, 0.6) is 0 Å². The Morgan fingerprint density at radius 2 is 2.00 bits per heavy atom. The van der Waals surface area contributed by atoms with E-state index in [1.54, 1.807) is 24.0 Å². The quantitative estimate of drug-likeness (QED) is 0.800. The smallest absolute Gasteiger partial charge is 0.289 e. The monoisotopic (exact) mass is 250 g/mol. The van der Waals surface area contributed by atoms with Crippen LogP contribution < -0.4 is 0 Å². The molecule has 98 valence electrons. The van der Waals surface area contributed by atoms with Crippen LogP contribution in [0.2, 0.25) is 0 Å². The van der Waals surface area contributed by atoms with Crippen molar-refractivity contribution in [3.05, 3.63) is 24.2 Å². The molecule has 1 aliphatic rings. The summed E-state index contributed by atoms with van der Waals surface area (Å²) in [7, 11) is 0. The first-order chi connectivity index (χ1) is 8.66. The van der Waals surface area contributed by atoms with Crippen molar-refractivity contribution < 1.29 is 14.0 Å². The van der Waals surface area contributed by atoms with Gasteiger partial charge in [0, 0.05) is 39.1 Å². The summed E-state index contributed by atoms with van der Waals surface area (Å²) in [5.41, 5.74) is 0. The van der Waals surface area contributed by atoms with E-state index < -0.39 is 0 Å². The zero-order chi connectivity index (χ0) is 13.0. The van der Waals surface area contributed by atoms with Crippen LogP contribution in [0.4, 0.5) is 0 Å². The van der Waals surface area contributed by atoms with Crippen molar-refractivity contribution in [2.24, 2.45) is 0 Å². The van der Waals surface area contributed by atoms with E-state index in [1.165, 1.54) is 6.26 Å². The number of rotatable bonds is 4. The van der Waals surface area contributed by atoms with Gasteiger partial charge in [0.15, 0.2) is 5.76 Å². The largest absolute Gasteiger partial charge is 0.459 e. The van der Waals surface area contributed by atoms with Gasteiger partial charge in [-0.3, -0.25) is 14.5 Å². The second-order valence-electron chi connectivity index (χ2n) is 4.56. The number of piperazine rings is 1. The molecular weight excluding hydrogens is 232 g/mol. The lowest BCUT2D eigenvalue weighted by Gasteiger charge is -2.34. The third-order valence-corrected chi connectivity index (χ3v) is 3.17. The van der Waals surface area contributed by atoms with Gasteiger partial charge in [-0.2, -0.15) is 0 Å². The molecule has 1 fully saturated rings. The summed E-state index contributed by atoms with van der Waals surface area (Å²) in [4.78, 5) is 26.9. The molecule has 1 aromatic heterocycles. The minimum atomic E-state index is -0.0498. The predicted molar refractivity (Wildman–Crippen MR) is 66.3 cm³/mol. The highest BCUT2D eigenvalue weighted by Gasteiger charge is 2.23. The summed E-state index contributed by atoms with van der Waals surface area (Å²) < 4.78 is 5.10. The van der Waals surface area contributed by atoms with E-state index in [1.807, 2.05) is 0 Å². The molecule has 0 aromatic carbocycles. The normalized spacial score (nSPS) is 16.8. The van der Waals surface area contributed by atoms with Crippen molar-refractivity contribution in [3.8, 4) is 0 Å². The maximum Gasteiger partial charge on any atom is 0.289 e. The Hall–Kier alpha value is -1.62. The Morgan fingerprint density at radius 1 is 1.28 bits per heavy atom. The van der Waals surface area contributed by atoms with Crippen molar-refractivity contribution in [1.29, 1.82) is 0 Å². The molecule has 18 heavy (non-hydrogen) atoms. The van der Waals surface area contributed by atoms with Gasteiger partial charge in [-0.05, 0) is 19.1 Å². The molecule has 1 saturated heterocycles. The van der Waals surface area contributed by atoms with E-state index in [2.05, 4.69) is 4.90 Å². The Balaban J connectivity index is 1.80. The Kier molecular flexibility index (Phi) is 4.15. The molecule has 1 aromatic rings. The zero-order valence-electron chi connectivity index (χ0n) is 10.6. The lowest BCUT2D eigenvalue weighted by molar-refractivity contribution is -0.117. The molecule has 0 bridgehead atoms. The SMILES string of the molecule is CC(=O)CCN1CCN(C(=O)c2ccco2)CC1. The van der Waals surface area contributed by atoms with E-state index in [9.17, 15) is 9.59 Å². The zero-order valence-corrected chi connectivity index (χ0v) is 10.6. The van der Waals surface area contributed by atoms with E-state index in [0.717, 1.165) is 19.6 Å². The fourth-order valence-corrected chi connectivity index (χ4v) is 2.05. The second kappa shape index (κ2) is 5.82. The van der Waals surface area contributed by atoms with E-state index in [0.29, 0.717) is 25.3 Å². The van der Waals surface area contributed by atoms with Crippen LogP contribution in [-0.2, 0) is 4.79 Å². The minimum absolute atomic E-state index is 0.0498. The van der Waals surface area contributed by atoms with Crippen LogP contribution >= 0.6 is 0 Å². The molecule has 0 aliphatic carbocycles. The number of nitrogens with zero attached hydrogens (tertiary/aromatic N) is 2. The average Bonchev–Trinajstić information content (AvgIpc) is 2.90. The molecule has 1 aliphatic heterocycles. The molecule has 2 heterocycles. The van der Waals surface area contributed by atoms with Gasteiger partial charge in [-0.25, -0.2) is 0 Å². The second-order valence-corrected chi connectivity index (χ2v) is 4.56. The number of furan rings is 1. The average molecular weight is 250 g/mol. The predicted octanol–water partition coefficient (Wildman–Crippen LogP) is 1.02. The van der Waals surface area contributed by atoms with Gasteiger partial charge in [-0.15, -0.1) is 0 Å². The number of hydrogen-bond donors (Lipinski definition) is 0. The fourth-order valence-electron chi connectivity index (χ4n) is 2.05. The number of hydrogen-bond acceptors (Lipinski definition) is 4. The third-order valence-electron chi connectivity index (χ3n) is 3.17. The highest BCUT2D eigenvalue weighted by Crippen LogP contribution is 2.09. The van der Waals surface area contributed by atoms with Gasteiger partial charge < -0.3 is 9.32 Å². The molecule has 0 N–H and O–H groups in total. The molecule has 0 radical (unpaired) electrons. The van der Waals surface area contributed by atoms with Crippen molar-refractivity contribution >= 4 is 11.7 Å².